The second kappa shape index (κ2) is 9.49. The monoisotopic (exact) mass is 363 g/mol. The zero-order valence-electron chi connectivity index (χ0n) is 14.8. The molecule has 1 aromatic heterocycles. The summed E-state index contributed by atoms with van der Waals surface area (Å²) in [5, 5.41) is 17.7. The number of hydrogen-bond donors (Lipinski definition) is 3. The average Bonchev–Trinajstić information content (AvgIpc) is 3.13. The van der Waals surface area contributed by atoms with Crippen LogP contribution >= 0.6 is 11.6 Å². The Kier molecular flexibility index (Phi) is 7.34. The second-order valence-electron chi connectivity index (χ2n) is 6.07. The van der Waals surface area contributed by atoms with Gasteiger partial charge in [0.15, 0.2) is 5.96 Å². The molecule has 3 N–H and O–H groups in total. The van der Waals surface area contributed by atoms with Crippen LogP contribution in [0.15, 0.2) is 52.1 Å². The summed E-state index contributed by atoms with van der Waals surface area (Å²) in [6.45, 7) is 5.42. The molecule has 25 heavy (non-hydrogen) atoms. The lowest BCUT2D eigenvalue weighted by Crippen LogP contribution is -2.39. The van der Waals surface area contributed by atoms with Crippen LogP contribution in [0.25, 0.3) is 0 Å². The van der Waals surface area contributed by atoms with E-state index in [0.29, 0.717) is 11.7 Å². The van der Waals surface area contributed by atoms with E-state index in [1.165, 1.54) is 0 Å². The van der Waals surface area contributed by atoms with E-state index in [4.69, 9.17) is 16.0 Å². The molecule has 5 nitrogen and oxygen atoms in total. The van der Waals surface area contributed by atoms with Crippen LogP contribution in [0.5, 0.6) is 0 Å². The van der Waals surface area contributed by atoms with Gasteiger partial charge in [0, 0.05) is 18.1 Å². The minimum Gasteiger partial charge on any atom is -0.466 e. The lowest BCUT2D eigenvalue weighted by atomic mass is 10.0. The summed E-state index contributed by atoms with van der Waals surface area (Å²) in [4.78, 5) is 4.46. The molecule has 1 heterocycles. The fourth-order valence-electron chi connectivity index (χ4n) is 2.42. The maximum absolute atomic E-state index is 10.5. The zero-order valence-corrected chi connectivity index (χ0v) is 15.5. The Morgan fingerprint density at radius 3 is 2.72 bits per heavy atom. The van der Waals surface area contributed by atoms with Crippen LogP contribution in [0.4, 0.5) is 0 Å². The molecule has 0 aliphatic rings. The predicted octanol–water partition coefficient (Wildman–Crippen LogP) is 3.33. The highest BCUT2D eigenvalue weighted by molar-refractivity contribution is 6.31. The van der Waals surface area contributed by atoms with Gasteiger partial charge in [0.05, 0.1) is 12.8 Å². The summed E-state index contributed by atoms with van der Waals surface area (Å²) in [7, 11) is 0. The molecule has 0 amide bonds. The van der Waals surface area contributed by atoms with Crippen molar-refractivity contribution in [2.24, 2.45) is 4.99 Å². The fourth-order valence-corrected chi connectivity index (χ4v) is 2.65. The van der Waals surface area contributed by atoms with Gasteiger partial charge in [-0.2, -0.15) is 0 Å². The standard InChI is InChI=1S/C19H26ClN3O2/c1-3-21-18(23-14-19(2,24)17-11-7-13-25-17)22-12-6-9-15-8-4-5-10-16(15)20/h4-5,7-8,10-11,13,24H,3,6,9,12,14H2,1-2H3,(H2,21,22,23). The Morgan fingerprint density at radius 1 is 1.24 bits per heavy atom. The van der Waals surface area contributed by atoms with Gasteiger partial charge in [-0.1, -0.05) is 29.8 Å². The second-order valence-corrected chi connectivity index (χ2v) is 6.48. The molecular formula is C19H26ClN3O2. The summed E-state index contributed by atoms with van der Waals surface area (Å²) in [6.07, 6.45) is 3.38. The molecule has 136 valence electrons. The number of aliphatic hydroxyl groups is 1. The van der Waals surface area contributed by atoms with Gasteiger partial charge in [0.1, 0.15) is 11.4 Å². The minimum absolute atomic E-state index is 0.209. The summed E-state index contributed by atoms with van der Waals surface area (Å²) < 4.78 is 5.28. The molecular weight excluding hydrogens is 338 g/mol. The topological polar surface area (TPSA) is 69.8 Å². The van der Waals surface area contributed by atoms with E-state index in [9.17, 15) is 5.11 Å². The Balaban J connectivity index is 1.84. The van der Waals surface area contributed by atoms with Crippen molar-refractivity contribution < 1.29 is 9.52 Å². The number of aryl methyl sites for hydroxylation is 1. The summed E-state index contributed by atoms with van der Waals surface area (Å²) in [6, 6.07) is 11.4. The van der Waals surface area contributed by atoms with E-state index in [-0.39, 0.29) is 6.54 Å². The van der Waals surface area contributed by atoms with Crippen LogP contribution in [0, 0.1) is 0 Å². The number of aliphatic imine (C=N–C) groups is 1. The maximum atomic E-state index is 10.5. The fraction of sp³-hybridized carbons (Fsp3) is 0.421. The Bertz CT molecular complexity index is 669. The van der Waals surface area contributed by atoms with Crippen molar-refractivity contribution in [2.45, 2.75) is 32.3 Å². The quantitative estimate of drug-likeness (QED) is 0.382. The van der Waals surface area contributed by atoms with E-state index in [2.05, 4.69) is 15.6 Å². The first-order chi connectivity index (χ1) is 12.0. The van der Waals surface area contributed by atoms with Crippen LogP contribution in [0.1, 0.15) is 31.6 Å². The maximum Gasteiger partial charge on any atom is 0.191 e. The molecule has 1 atom stereocenters. The molecule has 0 bridgehead atoms. The number of furan rings is 1. The minimum atomic E-state index is -1.14. The van der Waals surface area contributed by atoms with Crippen LogP contribution in [0.2, 0.25) is 5.02 Å². The highest BCUT2D eigenvalue weighted by atomic mass is 35.5. The van der Waals surface area contributed by atoms with E-state index in [1.54, 1.807) is 25.3 Å². The third-order valence-corrected chi connectivity index (χ3v) is 4.18. The average molecular weight is 364 g/mol. The van der Waals surface area contributed by atoms with Crippen molar-refractivity contribution in [1.29, 1.82) is 0 Å². The Hall–Kier alpha value is -1.98. The predicted molar refractivity (Wildman–Crippen MR) is 102 cm³/mol. The molecule has 0 aliphatic carbocycles. The van der Waals surface area contributed by atoms with Gasteiger partial charge in [-0.05, 0) is 50.5 Å². The molecule has 2 aromatic rings. The molecule has 0 saturated carbocycles. The third-order valence-electron chi connectivity index (χ3n) is 3.81. The molecule has 0 spiro atoms. The normalized spacial score (nSPS) is 14.2. The van der Waals surface area contributed by atoms with Crippen molar-refractivity contribution in [3.63, 3.8) is 0 Å². The van der Waals surface area contributed by atoms with Crippen molar-refractivity contribution >= 4 is 17.6 Å². The first kappa shape index (κ1) is 19.3. The number of guanidine groups is 1. The van der Waals surface area contributed by atoms with E-state index in [1.807, 2.05) is 31.2 Å². The first-order valence-electron chi connectivity index (χ1n) is 8.55. The summed E-state index contributed by atoms with van der Waals surface area (Å²) in [5.74, 6) is 1.18. The number of nitrogens with one attached hydrogen (secondary N) is 2. The lowest BCUT2D eigenvalue weighted by Gasteiger charge is -2.19. The largest absolute Gasteiger partial charge is 0.466 e. The third kappa shape index (κ3) is 6.11. The molecule has 1 aromatic carbocycles. The molecule has 0 radical (unpaired) electrons. The van der Waals surface area contributed by atoms with Gasteiger partial charge in [0.2, 0.25) is 0 Å². The smallest absolute Gasteiger partial charge is 0.191 e. The molecule has 0 aliphatic heterocycles. The lowest BCUT2D eigenvalue weighted by molar-refractivity contribution is 0.0437. The van der Waals surface area contributed by atoms with Crippen LogP contribution in [-0.2, 0) is 12.0 Å². The van der Waals surface area contributed by atoms with Gasteiger partial charge >= 0.3 is 0 Å². The highest BCUT2D eigenvalue weighted by Crippen LogP contribution is 2.21. The van der Waals surface area contributed by atoms with Gasteiger partial charge < -0.3 is 20.2 Å². The molecule has 0 fully saturated rings. The van der Waals surface area contributed by atoms with Crippen molar-refractivity contribution in [3.05, 3.63) is 59.0 Å². The summed E-state index contributed by atoms with van der Waals surface area (Å²) in [5.41, 5.74) is 0.0114. The van der Waals surface area contributed by atoms with Crippen molar-refractivity contribution in [3.8, 4) is 0 Å². The molecule has 1 unspecified atom stereocenters. The SMILES string of the molecule is CCNC(=NCC(C)(O)c1ccco1)NCCCc1ccccc1Cl. The molecule has 2 rings (SSSR count). The summed E-state index contributed by atoms with van der Waals surface area (Å²) >= 11 is 6.17. The van der Waals surface area contributed by atoms with Crippen molar-refractivity contribution in [1.82, 2.24) is 10.6 Å². The van der Waals surface area contributed by atoms with Crippen LogP contribution < -0.4 is 10.6 Å². The van der Waals surface area contributed by atoms with Gasteiger partial charge in [-0.25, -0.2) is 4.99 Å². The number of nitrogens with zero attached hydrogens (tertiary/aromatic N) is 1. The first-order valence-corrected chi connectivity index (χ1v) is 8.92. The molecule has 6 heteroatoms. The van der Waals surface area contributed by atoms with Gasteiger partial charge in [-0.15, -0.1) is 0 Å². The number of benzene rings is 1. The zero-order chi connectivity index (χ0) is 18.1. The van der Waals surface area contributed by atoms with Gasteiger partial charge in [-0.3, -0.25) is 0 Å². The molecule has 0 saturated heterocycles. The Morgan fingerprint density at radius 2 is 2.04 bits per heavy atom. The number of halogens is 1. The number of hydrogen-bond acceptors (Lipinski definition) is 3. The van der Waals surface area contributed by atoms with E-state index < -0.39 is 5.60 Å². The Labute approximate surface area is 154 Å². The van der Waals surface area contributed by atoms with Gasteiger partial charge in [0.25, 0.3) is 0 Å². The van der Waals surface area contributed by atoms with Crippen molar-refractivity contribution in [2.75, 3.05) is 19.6 Å². The van der Waals surface area contributed by atoms with Crippen LogP contribution in [-0.4, -0.2) is 30.7 Å². The van der Waals surface area contributed by atoms with Crippen LogP contribution in [0.3, 0.4) is 0 Å². The van der Waals surface area contributed by atoms with E-state index >= 15 is 0 Å². The highest BCUT2D eigenvalue weighted by Gasteiger charge is 2.25. The van der Waals surface area contributed by atoms with E-state index in [0.717, 1.165) is 36.5 Å². The number of rotatable bonds is 8.